The number of carbonyl (C=O) groups excluding carboxylic acids is 1. The zero-order chi connectivity index (χ0) is 86.6. The van der Waals surface area contributed by atoms with E-state index in [4.69, 9.17) is 55.7 Å². The summed E-state index contributed by atoms with van der Waals surface area (Å²) in [6.45, 7) is 0.970. The first-order valence-corrected chi connectivity index (χ1v) is 36.8. The molecule has 0 fully saturated rings. The van der Waals surface area contributed by atoms with Crippen molar-refractivity contribution in [3.8, 4) is 45.8 Å². The summed E-state index contributed by atoms with van der Waals surface area (Å²) in [5.41, 5.74) is 21.1. The number of nitrogen functional groups attached to an aromatic ring is 2. The first-order valence-electron chi connectivity index (χ1n) is 33.6. The molecule has 8 heterocycles. The van der Waals surface area contributed by atoms with Gasteiger partial charge in [-0.15, -0.1) is 0 Å². The summed E-state index contributed by atoms with van der Waals surface area (Å²) in [5, 5.41) is 63.8. The van der Waals surface area contributed by atoms with Gasteiger partial charge in [-0.05, 0) is 116 Å². The van der Waals surface area contributed by atoms with E-state index in [1.54, 1.807) is 91.6 Å². The fourth-order valence-electron chi connectivity index (χ4n) is 10.1. The minimum absolute atomic E-state index is 0.0207. The predicted molar refractivity (Wildman–Crippen MR) is 447 cm³/mol. The molecule has 0 saturated carbocycles. The number of rotatable bonds is 20. The molecule has 43 nitrogen and oxygen atoms in total. The molecule has 14 rings (SSSR count). The fourth-order valence-corrected chi connectivity index (χ4v) is 11.5. The largest absolute Gasteiger partial charge is 0.493 e. The van der Waals surface area contributed by atoms with Gasteiger partial charge in [0.05, 0.1) is 106 Å². The maximum absolute atomic E-state index is 12.5. The average molecular weight is 1890 g/mol. The second kappa shape index (κ2) is 43.6. The lowest BCUT2D eigenvalue weighted by Gasteiger charge is -2.14. The monoisotopic (exact) mass is 1890 g/mol. The van der Waals surface area contributed by atoms with E-state index in [9.17, 15) is 54.8 Å². The Hall–Kier alpha value is -14.1. The predicted octanol–water partition coefficient (Wildman–Crippen LogP) is 9.57. The molecule has 48 heteroatoms. The summed E-state index contributed by atoms with van der Waals surface area (Å²) < 4.78 is 39.1. The Labute approximate surface area is 704 Å². The molecule has 119 heavy (non-hydrogen) atoms. The summed E-state index contributed by atoms with van der Waals surface area (Å²) in [5.74, 6) is 3.65. The highest BCUT2D eigenvalue weighted by atomic mass is 79.9. The number of nitrogens with one attached hydrogen (secondary N) is 3. The van der Waals surface area contributed by atoms with Gasteiger partial charge in [0.1, 0.15) is 31.1 Å². The van der Waals surface area contributed by atoms with Gasteiger partial charge in [-0.2, -0.15) is 0 Å². The summed E-state index contributed by atoms with van der Waals surface area (Å²) in [4.78, 5) is 123. The molecular formula is C71H67BBr4N24O19. The Morgan fingerprint density at radius 1 is 0.513 bits per heavy atom. The fraction of sp³-hybridized carbons (Fsp3) is 0.141. The van der Waals surface area contributed by atoms with Crippen molar-refractivity contribution in [3.05, 3.63) is 286 Å². The third-order valence-electron chi connectivity index (χ3n) is 15.7. The number of methoxy groups -OCH3 is 6. The number of fused-ring (bicyclic) bond motifs is 2. The van der Waals surface area contributed by atoms with Crippen LogP contribution in [0.25, 0.3) is 33.8 Å². The van der Waals surface area contributed by atoms with E-state index in [0.717, 1.165) is 11.1 Å². The van der Waals surface area contributed by atoms with E-state index in [0.29, 0.717) is 123 Å². The number of nitrogens with zero attached hydrogens (tertiary/aromatic N) is 18. The number of nitrogens with two attached hydrogens (primary N) is 3. The third-order valence-corrected chi connectivity index (χ3v) is 17.4. The van der Waals surface area contributed by atoms with Gasteiger partial charge in [-0.1, -0.05) is 48.5 Å². The Bertz CT molecular complexity index is 5920. The quantitative estimate of drug-likeness (QED) is 0.0200. The van der Waals surface area contributed by atoms with Crippen molar-refractivity contribution < 1.29 is 63.0 Å². The van der Waals surface area contributed by atoms with Gasteiger partial charge in [0.25, 0.3) is 22.7 Å². The highest BCUT2D eigenvalue weighted by Gasteiger charge is 2.22. The van der Waals surface area contributed by atoms with E-state index in [2.05, 4.69) is 129 Å². The van der Waals surface area contributed by atoms with Gasteiger partial charge in [-0.25, -0.2) is 64.2 Å². The first kappa shape index (κ1) is 90.5. The number of aromatic nitrogens is 16. The van der Waals surface area contributed by atoms with E-state index < -0.39 is 32.5 Å². The number of carbonyl (C=O) groups is 1. The molecule has 0 saturated heterocycles. The molecular weight excluding hydrogens is 1820 g/mol. The topological polar surface area (TPSA) is 590 Å². The highest BCUT2D eigenvalue weighted by Crippen LogP contribution is 2.41. The molecule has 0 unspecified atom stereocenters. The molecule has 0 atom stereocenters. The molecule has 0 spiro atoms. The van der Waals surface area contributed by atoms with Crippen LogP contribution >= 0.6 is 63.7 Å². The number of aromatic amines is 2. The molecule has 0 radical (unpaired) electrons. The standard InChI is InChI=1S/C21H19N5O6.C12H8BrN5O3.C11H10BrN5O2.C9H13BO5.C7H6N4O.C7H8N2O2.C4H3Br2N3/c1-30-16-8-13(9-17(31-2)18(16)32-3)15-10-22-19-20(23-15)25(21(27)24-19)11-12-5-4-6-14(7-12)26(28)29;13-9-5-14-10-11(15-9)17(12(19)16-10)6-7-2-1-3-8(4-7)18(20)21;12-9-6-14-10(13)11(16-9)15-5-7-2-1-3-8(4-7)17(18)19;1-13-7-4-6(10(11)12)5-8(14-2)9(7)15-3;12-7(10-3-1-8-5-10)11-4-2-9-6-11;8-5-6-2-1-3-7(4-6)9(10)11;5-2-1-8-4(7)3(6)9-2/h4-10H,11H2,1-3H3,(H,22,24,27);1-5H,6H2,(H,14,16,19);1-4,6H,5H2,(H2,13,14)(H,15,16);4-5,11-12H,1-3H3;1-6H;1-4H,5,8H2;1H,(H2,7,8). The van der Waals surface area contributed by atoms with Crippen molar-refractivity contribution in [1.29, 1.82) is 0 Å². The van der Waals surface area contributed by atoms with Gasteiger partial charge in [0.15, 0.2) is 63.0 Å². The van der Waals surface area contributed by atoms with Crippen molar-refractivity contribution in [1.82, 2.24) is 78.1 Å². The average Bonchev–Trinajstić information content (AvgIpc) is 1.68. The Morgan fingerprint density at radius 3 is 1.32 bits per heavy atom. The van der Waals surface area contributed by atoms with Crippen LogP contribution in [0.15, 0.2) is 212 Å². The second-order valence-electron chi connectivity index (χ2n) is 23.4. The van der Waals surface area contributed by atoms with Crippen LogP contribution in [0.1, 0.15) is 22.3 Å². The molecule has 8 aromatic heterocycles. The van der Waals surface area contributed by atoms with E-state index in [1.807, 2.05) is 0 Å². The number of hydrogen-bond donors (Lipinski definition) is 8. The minimum Gasteiger partial charge on any atom is -0.493 e. The molecule has 0 bridgehead atoms. The number of H-pyrrole nitrogens is 2. The van der Waals surface area contributed by atoms with Crippen molar-refractivity contribution in [2.24, 2.45) is 5.73 Å². The van der Waals surface area contributed by atoms with Crippen LogP contribution in [0, 0.1) is 40.5 Å². The van der Waals surface area contributed by atoms with Crippen molar-refractivity contribution in [3.63, 3.8) is 0 Å². The second-order valence-corrected chi connectivity index (χ2v) is 26.5. The van der Waals surface area contributed by atoms with Crippen LogP contribution < -0.4 is 67.8 Å². The lowest BCUT2D eigenvalue weighted by molar-refractivity contribution is -0.385. The summed E-state index contributed by atoms with van der Waals surface area (Å²) in [7, 11) is 7.37. The minimum atomic E-state index is -1.57. The zero-order valence-electron chi connectivity index (χ0n) is 62.9. The Kier molecular flexibility index (Phi) is 33.1. The third kappa shape index (κ3) is 25.2. The number of nitro groups is 4. The smallest absolute Gasteiger partial charge is 0.488 e. The SMILES string of the molecule is COc1cc(-c2cnc3[nH]c(=O)n(Cc4cccc([N+](=O)[O-])c4)c3n2)cc(OC)c1OC.COc1cc(B(O)O)cc(OC)c1OC.NCc1cccc([N+](=O)[O-])c1.Nc1ncc(Br)nc1Br.Nc1ncc(Br)nc1NCc1cccc([N+](=O)[O-])c1.O=C(n1ccnc1)n1ccnc1.O=c1[nH]c2ncc(Br)nc2n1Cc1cccc([N+](=O)[O-])c1. The van der Waals surface area contributed by atoms with Gasteiger partial charge >= 0.3 is 24.5 Å². The van der Waals surface area contributed by atoms with Gasteiger partial charge in [-0.3, -0.25) is 68.7 Å². The number of hydrogen-bond acceptors (Lipinski definition) is 33. The van der Waals surface area contributed by atoms with Crippen LogP contribution in [0.3, 0.4) is 0 Å². The first-order chi connectivity index (χ1) is 57.0. The number of halogens is 4. The molecule has 14 aromatic rings. The molecule has 0 amide bonds. The lowest BCUT2D eigenvalue weighted by atomic mass is 9.80. The number of non-ortho nitro benzene ring substituents is 4. The van der Waals surface area contributed by atoms with Crippen molar-refractivity contribution >= 4 is 145 Å². The van der Waals surface area contributed by atoms with Crippen LogP contribution in [0.2, 0.25) is 0 Å². The lowest BCUT2D eigenvalue weighted by Crippen LogP contribution is -2.30. The molecule has 6 aromatic carbocycles. The molecule has 616 valence electrons. The molecule has 0 aliphatic rings. The van der Waals surface area contributed by atoms with E-state index >= 15 is 0 Å². The summed E-state index contributed by atoms with van der Waals surface area (Å²) >= 11 is 12.6. The molecule has 11 N–H and O–H groups in total. The maximum Gasteiger partial charge on any atom is 0.488 e. The van der Waals surface area contributed by atoms with Gasteiger partial charge < -0.3 is 61.0 Å². The van der Waals surface area contributed by atoms with Crippen LogP contribution in [0.5, 0.6) is 34.5 Å². The number of nitro benzene ring substituents is 4. The molecule has 0 aliphatic carbocycles. The van der Waals surface area contributed by atoms with E-state index in [-0.39, 0.29) is 58.8 Å². The Balaban J connectivity index is 0.000000180. The van der Waals surface area contributed by atoms with Crippen molar-refractivity contribution in [2.45, 2.75) is 26.2 Å². The number of benzene rings is 6. The number of ether oxygens (including phenoxy) is 6. The maximum atomic E-state index is 12.5. The number of anilines is 3. The summed E-state index contributed by atoms with van der Waals surface area (Å²) in [6.07, 6.45) is 15.2. The van der Waals surface area contributed by atoms with Crippen LogP contribution in [-0.4, -0.2) is 164 Å². The van der Waals surface area contributed by atoms with Crippen LogP contribution in [-0.2, 0) is 26.2 Å². The van der Waals surface area contributed by atoms with Crippen LogP contribution in [0.4, 0.5) is 45.0 Å². The van der Waals surface area contributed by atoms with Crippen molar-refractivity contribution in [2.75, 3.05) is 59.4 Å². The van der Waals surface area contributed by atoms with E-state index in [1.165, 1.54) is 153 Å². The number of imidazole rings is 4. The molecule has 0 aliphatic heterocycles. The Morgan fingerprint density at radius 2 is 0.908 bits per heavy atom. The normalized spacial score (nSPS) is 10.3. The van der Waals surface area contributed by atoms with Gasteiger partial charge in [0.2, 0.25) is 11.5 Å². The highest BCUT2D eigenvalue weighted by molar-refractivity contribution is 9.11. The zero-order valence-corrected chi connectivity index (χ0v) is 69.2. The summed E-state index contributed by atoms with van der Waals surface area (Å²) in [6, 6.07) is 31.1. The van der Waals surface area contributed by atoms with Gasteiger partial charge in [0, 0.05) is 92.0 Å².